The lowest BCUT2D eigenvalue weighted by Gasteiger charge is -2.23. The molecule has 1 N–H and O–H groups in total. The summed E-state index contributed by atoms with van der Waals surface area (Å²) in [6, 6.07) is 12.8. The zero-order valence-electron chi connectivity index (χ0n) is 15.7. The first-order valence-corrected chi connectivity index (χ1v) is 10.5. The van der Waals surface area contributed by atoms with Crippen LogP contribution in [0, 0.1) is 13.8 Å². The van der Waals surface area contributed by atoms with Crippen LogP contribution in [-0.2, 0) is 16.6 Å². The fraction of sp³-hybridized carbons (Fsp3) is 0.350. The molecule has 0 radical (unpaired) electrons. The Bertz CT molecular complexity index is 854. The largest absolute Gasteiger partial charge is 0.352 e. The van der Waals surface area contributed by atoms with Crippen LogP contribution in [0.2, 0.25) is 0 Å². The number of nitrogens with one attached hydrogen (secondary N) is 1. The second-order valence-corrected chi connectivity index (χ2v) is 8.48. The van der Waals surface area contributed by atoms with Gasteiger partial charge in [-0.15, -0.1) is 0 Å². The van der Waals surface area contributed by atoms with Gasteiger partial charge in [-0.2, -0.15) is 0 Å². The van der Waals surface area contributed by atoms with E-state index in [9.17, 15) is 13.2 Å². The van der Waals surface area contributed by atoms with E-state index in [0.29, 0.717) is 17.8 Å². The topological polar surface area (TPSA) is 66.5 Å². The fourth-order valence-electron chi connectivity index (χ4n) is 2.76. The molecule has 140 valence electrons. The summed E-state index contributed by atoms with van der Waals surface area (Å²) in [4.78, 5) is 12.0. The molecule has 2 rings (SSSR count). The van der Waals surface area contributed by atoms with E-state index in [-0.39, 0.29) is 12.5 Å². The van der Waals surface area contributed by atoms with Gasteiger partial charge in [-0.1, -0.05) is 25.1 Å². The van der Waals surface area contributed by atoms with E-state index in [1.54, 1.807) is 24.3 Å². The lowest BCUT2D eigenvalue weighted by Crippen LogP contribution is -2.29. The molecule has 26 heavy (non-hydrogen) atoms. The lowest BCUT2D eigenvalue weighted by molar-refractivity contribution is 0.0953. The summed E-state index contributed by atoms with van der Waals surface area (Å²) in [6.07, 6.45) is 2.08. The molecule has 2 aromatic carbocycles. The molecule has 0 fully saturated rings. The number of sulfonamides is 1. The molecule has 0 heterocycles. The molecule has 0 aliphatic carbocycles. The quantitative estimate of drug-likeness (QED) is 0.808. The van der Waals surface area contributed by atoms with Gasteiger partial charge in [0.05, 0.1) is 18.5 Å². The number of nitrogens with zero attached hydrogens (tertiary/aromatic N) is 1. The summed E-state index contributed by atoms with van der Waals surface area (Å²) in [5.41, 5.74) is 4.06. The Morgan fingerprint density at radius 2 is 1.62 bits per heavy atom. The zero-order valence-corrected chi connectivity index (χ0v) is 16.6. The van der Waals surface area contributed by atoms with E-state index in [1.807, 2.05) is 39.0 Å². The van der Waals surface area contributed by atoms with Gasteiger partial charge >= 0.3 is 0 Å². The highest BCUT2D eigenvalue weighted by molar-refractivity contribution is 7.92. The van der Waals surface area contributed by atoms with Crippen molar-refractivity contribution >= 4 is 21.6 Å². The Labute approximate surface area is 156 Å². The van der Waals surface area contributed by atoms with Crippen LogP contribution in [0.15, 0.2) is 42.5 Å². The minimum Gasteiger partial charge on any atom is -0.352 e. The number of hydrogen-bond acceptors (Lipinski definition) is 3. The van der Waals surface area contributed by atoms with E-state index >= 15 is 0 Å². The van der Waals surface area contributed by atoms with Gasteiger partial charge in [0.25, 0.3) is 5.91 Å². The number of carbonyl (C=O) groups is 1. The van der Waals surface area contributed by atoms with Gasteiger partial charge in [0, 0.05) is 12.1 Å². The number of benzene rings is 2. The highest BCUT2D eigenvalue weighted by Gasteiger charge is 2.18. The molecule has 0 atom stereocenters. The zero-order chi connectivity index (χ0) is 19.3. The van der Waals surface area contributed by atoms with Crippen LogP contribution in [0.5, 0.6) is 0 Å². The third-order valence-corrected chi connectivity index (χ3v) is 5.11. The van der Waals surface area contributed by atoms with Crippen molar-refractivity contribution in [2.45, 2.75) is 33.7 Å². The summed E-state index contributed by atoms with van der Waals surface area (Å²) < 4.78 is 26.0. The lowest BCUT2D eigenvalue weighted by atomic mass is 10.1. The van der Waals surface area contributed by atoms with Crippen LogP contribution in [0.25, 0.3) is 0 Å². The summed E-state index contributed by atoms with van der Waals surface area (Å²) in [7, 11) is -3.43. The van der Waals surface area contributed by atoms with Crippen LogP contribution < -0.4 is 9.62 Å². The molecule has 6 heteroatoms. The molecule has 5 nitrogen and oxygen atoms in total. The van der Waals surface area contributed by atoms with Crippen molar-refractivity contribution in [3.8, 4) is 0 Å². The summed E-state index contributed by atoms with van der Waals surface area (Å²) in [5, 5.41) is 2.83. The van der Waals surface area contributed by atoms with Gasteiger partial charge in [0.1, 0.15) is 0 Å². The maximum atomic E-state index is 12.3. The third-order valence-electron chi connectivity index (χ3n) is 3.97. The van der Waals surface area contributed by atoms with Crippen molar-refractivity contribution in [3.05, 3.63) is 64.7 Å². The number of carbonyl (C=O) groups excluding carboxylic acids is 1. The smallest absolute Gasteiger partial charge is 0.251 e. The number of amides is 1. The minimum atomic E-state index is -3.43. The molecule has 0 unspecified atom stereocenters. The summed E-state index contributed by atoms with van der Waals surface area (Å²) >= 11 is 0. The Kier molecular flexibility index (Phi) is 6.42. The highest BCUT2D eigenvalue weighted by Crippen LogP contribution is 2.23. The van der Waals surface area contributed by atoms with Crippen LogP contribution in [-0.4, -0.2) is 27.1 Å². The maximum absolute atomic E-state index is 12.3. The SMILES string of the molecule is CCCNC(=O)c1ccc(CN(c2cc(C)cc(C)c2)S(C)(=O)=O)cc1. The highest BCUT2D eigenvalue weighted by atomic mass is 32.2. The molecule has 2 aromatic rings. The van der Waals surface area contributed by atoms with E-state index < -0.39 is 10.0 Å². The predicted molar refractivity (Wildman–Crippen MR) is 106 cm³/mol. The fourth-order valence-corrected chi connectivity index (χ4v) is 3.63. The van der Waals surface area contributed by atoms with Gasteiger partial charge in [0.15, 0.2) is 0 Å². The third kappa shape index (κ3) is 5.33. The van der Waals surface area contributed by atoms with Gasteiger partial charge in [-0.3, -0.25) is 9.10 Å². The Morgan fingerprint density at radius 1 is 1.04 bits per heavy atom. The van der Waals surface area contributed by atoms with Crippen LogP contribution in [0.1, 0.15) is 40.4 Å². The second-order valence-electron chi connectivity index (χ2n) is 6.57. The van der Waals surface area contributed by atoms with E-state index in [1.165, 1.54) is 10.6 Å². The maximum Gasteiger partial charge on any atom is 0.251 e. The first kappa shape index (κ1) is 20.0. The molecule has 0 aliphatic heterocycles. The predicted octanol–water partition coefficient (Wildman–Crippen LogP) is 3.41. The van der Waals surface area contributed by atoms with Crippen molar-refractivity contribution in [1.82, 2.24) is 5.32 Å². The molecule has 0 saturated carbocycles. The molecule has 0 aliphatic rings. The van der Waals surface area contributed by atoms with Crippen molar-refractivity contribution in [2.24, 2.45) is 0 Å². The first-order chi connectivity index (χ1) is 12.2. The molecule has 0 spiro atoms. The normalized spacial score (nSPS) is 11.2. The standard InChI is InChI=1S/C20H26N2O3S/c1-5-10-21-20(23)18-8-6-17(7-9-18)14-22(26(4,24)25)19-12-15(2)11-16(3)13-19/h6-9,11-13H,5,10,14H2,1-4H3,(H,21,23). The molecule has 0 aromatic heterocycles. The number of anilines is 1. The van der Waals surface area contributed by atoms with E-state index in [2.05, 4.69) is 5.32 Å². The van der Waals surface area contributed by atoms with Gasteiger partial charge in [-0.25, -0.2) is 8.42 Å². The minimum absolute atomic E-state index is 0.118. The number of aryl methyl sites for hydroxylation is 2. The van der Waals surface area contributed by atoms with Crippen molar-refractivity contribution in [3.63, 3.8) is 0 Å². The van der Waals surface area contributed by atoms with E-state index in [0.717, 1.165) is 23.1 Å². The molecular formula is C20H26N2O3S. The Morgan fingerprint density at radius 3 is 2.12 bits per heavy atom. The Balaban J connectivity index is 2.25. The summed E-state index contributed by atoms with van der Waals surface area (Å²) in [6.45, 7) is 6.74. The molecule has 1 amide bonds. The second kappa shape index (κ2) is 8.36. The van der Waals surface area contributed by atoms with Crippen LogP contribution >= 0.6 is 0 Å². The van der Waals surface area contributed by atoms with Crippen LogP contribution in [0.3, 0.4) is 0 Å². The van der Waals surface area contributed by atoms with Crippen molar-refractivity contribution in [1.29, 1.82) is 0 Å². The van der Waals surface area contributed by atoms with Crippen LogP contribution in [0.4, 0.5) is 5.69 Å². The van der Waals surface area contributed by atoms with Crippen molar-refractivity contribution < 1.29 is 13.2 Å². The monoisotopic (exact) mass is 374 g/mol. The molecule has 0 bridgehead atoms. The van der Waals surface area contributed by atoms with E-state index in [4.69, 9.17) is 0 Å². The summed E-state index contributed by atoms with van der Waals surface area (Å²) in [5.74, 6) is -0.118. The molecular weight excluding hydrogens is 348 g/mol. The number of hydrogen-bond donors (Lipinski definition) is 1. The number of rotatable bonds is 7. The van der Waals surface area contributed by atoms with Gasteiger partial charge in [0.2, 0.25) is 10.0 Å². The van der Waals surface area contributed by atoms with Gasteiger partial charge < -0.3 is 5.32 Å². The van der Waals surface area contributed by atoms with Gasteiger partial charge in [-0.05, 0) is 61.2 Å². The average Bonchev–Trinajstić information content (AvgIpc) is 2.56. The Hall–Kier alpha value is -2.34. The first-order valence-electron chi connectivity index (χ1n) is 8.64. The average molecular weight is 375 g/mol. The molecule has 0 saturated heterocycles. The van der Waals surface area contributed by atoms with Crippen molar-refractivity contribution in [2.75, 3.05) is 17.1 Å².